The van der Waals surface area contributed by atoms with Gasteiger partial charge >= 0.3 is 5.97 Å². The summed E-state index contributed by atoms with van der Waals surface area (Å²) in [5.41, 5.74) is 0. The standard InChI is InChI=1S/C13H26N2O2/c1-4-6-12(13(16)17-5-2)15(3)11-7-9-14-10-8-11/h11-12,14H,4-10H2,1-3H3. The molecule has 1 saturated heterocycles. The Labute approximate surface area is 105 Å². The van der Waals surface area contributed by atoms with E-state index in [0.717, 1.165) is 38.8 Å². The lowest BCUT2D eigenvalue weighted by Crippen LogP contribution is -2.49. The fraction of sp³-hybridized carbons (Fsp3) is 0.923. The Hall–Kier alpha value is -0.610. The molecule has 1 heterocycles. The van der Waals surface area contributed by atoms with Gasteiger partial charge in [0.1, 0.15) is 6.04 Å². The van der Waals surface area contributed by atoms with Gasteiger partial charge in [0.2, 0.25) is 0 Å². The molecular formula is C13H26N2O2. The quantitative estimate of drug-likeness (QED) is 0.715. The molecule has 1 unspecified atom stereocenters. The first-order valence-corrected chi connectivity index (χ1v) is 6.80. The van der Waals surface area contributed by atoms with Gasteiger partial charge in [0.15, 0.2) is 0 Å². The minimum absolute atomic E-state index is 0.0598. The van der Waals surface area contributed by atoms with Crippen molar-refractivity contribution >= 4 is 5.97 Å². The van der Waals surface area contributed by atoms with Crippen molar-refractivity contribution in [2.24, 2.45) is 0 Å². The zero-order valence-electron chi connectivity index (χ0n) is 11.4. The Morgan fingerprint density at radius 2 is 2.06 bits per heavy atom. The van der Waals surface area contributed by atoms with Crippen molar-refractivity contribution in [2.45, 2.75) is 51.6 Å². The molecule has 0 aliphatic carbocycles. The van der Waals surface area contributed by atoms with Crippen molar-refractivity contribution < 1.29 is 9.53 Å². The molecule has 0 amide bonds. The van der Waals surface area contributed by atoms with E-state index in [2.05, 4.69) is 24.2 Å². The highest BCUT2D eigenvalue weighted by Gasteiger charge is 2.29. The highest BCUT2D eigenvalue weighted by atomic mass is 16.5. The van der Waals surface area contributed by atoms with E-state index in [1.54, 1.807) is 0 Å². The molecule has 4 nitrogen and oxygen atoms in total. The summed E-state index contributed by atoms with van der Waals surface area (Å²) in [4.78, 5) is 14.2. The lowest BCUT2D eigenvalue weighted by Gasteiger charge is -2.36. The molecule has 1 N–H and O–H groups in total. The zero-order valence-corrected chi connectivity index (χ0v) is 11.4. The number of likely N-dealkylation sites (N-methyl/N-ethyl adjacent to an activating group) is 1. The van der Waals surface area contributed by atoms with Crippen molar-refractivity contribution in [3.05, 3.63) is 0 Å². The van der Waals surface area contributed by atoms with Crippen molar-refractivity contribution in [3.63, 3.8) is 0 Å². The second-order valence-electron chi connectivity index (χ2n) is 4.70. The first-order chi connectivity index (χ1) is 8.20. The lowest BCUT2D eigenvalue weighted by atomic mass is 10.0. The molecule has 0 aromatic carbocycles. The van der Waals surface area contributed by atoms with Crippen LogP contribution in [0.3, 0.4) is 0 Å². The maximum atomic E-state index is 11.9. The third kappa shape index (κ3) is 4.28. The average Bonchev–Trinajstić information content (AvgIpc) is 2.36. The van der Waals surface area contributed by atoms with Crippen molar-refractivity contribution in [1.29, 1.82) is 0 Å². The molecule has 1 atom stereocenters. The summed E-state index contributed by atoms with van der Waals surface area (Å²) in [5.74, 6) is -0.0598. The van der Waals surface area contributed by atoms with Crippen LogP contribution in [0.15, 0.2) is 0 Å². The number of carbonyl (C=O) groups is 1. The largest absolute Gasteiger partial charge is 0.465 e. The predicted octanol–water partition coefficient (Wildman–Crippen LogP) is 1.40. The summed E-state index contributed by atoms with van der Waals surface area (Å²) in [6.45, 7) is 6.56. The van der Waals surface area contributed by atoms with Gasteiger partial charge in [-0.2, -0.15) is 0 Å². The molecule has 1 aliphatic heterocycles. The van der Waals surface area contributed by atoms with E-state index in [1.807, 2.05) is 6.92 Å². The smallest absolute Gasteiger partial charge is 0.323 e. The van der Waals surface area contributed by atoms with Crippen molar-refractivity contribution in [3.8, 4) is 0 Å². The molecule has 0 aromatic rings. The van der Waals surface area contributed by atoms with Gasteiger partial charge in [-0.15, -0.1) is 0 Å². The summed E-state index contributed by atoms with van der Waals surface area (Å²) in [6.07, 6.45) is 4.14. The number of ether oxygens (including phenoxy) is 1. The molecule has 1 fully saturated rings. The molecule has 100 valence electrons. The molecule has 0 radical (unpaired) electrons. The van der Waals surface area contributed by atoms with Crippen LogP contribution in [0, 0.1) is 0 Å². The maximum Gasteiger partial charge on any atom is 0.323 e. The number of rotatable bonds is 6. The van der Waals surface area contributed by atoms with Crippen molar-refractivity contribution in [2.75, 3.05) is 26.7 Å². The Bertz CT molecular complexity index is 227. The highest BCUT2D eigenvalue weighted by molar-refractivity contribution is 5.75. The topological polar surface area (TPSA) is 41.6 Å². The van der Waals surface area contributed by atoms with E-state index >= 15 is 0 Å². The number of carbonyl (C=O) groups excluding carboxylic acids is 1. The second-order valence-corrected chi connectivity index (χ2v) is 4.70. The van der Waals surface area contributed by atoms with Gasteiger partial charge in [0.25, 0.3) is 0 Å². The summed E-state index contributed by atoms with van der Waals surface area (Å²) in [7, 11) is 2.06. The summed E-state index contributed by atoms with van der Waals surface area (Å²) in [6, 6.07) is 0.445. The van der Waals surface area contributed by atoms with E-state index < -0.39 is 0 Å². The Morgan fingerprint density at radius 3 is 2.59 bits per heavy atom. The average molecular weight is 242 g/mol. The van der Waals surface area contributed by atoms with Crippen molar-refractivity contribution in [1.82, 2.24) is 10.2 Å². The van der Waals surface area contributed by atoms with Gasteiger partial charge in [-0.25, -0.2) is 0 Å². The minimum atomic E-state index is -0.0666. The van der Waals surface area contributed by atoms with Crippen LogP contribution in [0.25, 0.3) is 0 Å². The highest BCUT2D eigenvalue weighted by Crippen LogP contribution is 2.17. The van der Waals surface area contributed by atoms with Crippen LogP contribution in [0.5, 0.6) is 0 Å². The molecular weight excluding hydrogens is 216 g/mol. The van der Waals surface area contributed by atoms with Crippen LogP contribution in [0.2, 0.25) is 0 Å². The van der Waals surface area contributed by atoms with Gasteiger partial charge in [-0.3, -0.25) is 9.69 Å². The van der Waals surface area contributed by atoms with Crippen LogP contribution in [0.1, 0.15) is 39.5 Å². The number of esters is 1. The van der Waals surface area contributed by atoms with Gasteiger partial charge in [0, 0.05) is 6.04 Å². The predicted molar refractivity (Wildman–Crippen MR) is 69.0 cm³/mol. The summed E-state index contributed by atoms with van der Waals surface area (Å²) in [5, 5.41) is 3.35. The van der Waals surface area contributed by atoms with E-state index in [0.29, 0.717) is 12.6 Å². The van der Waals surface area contributed by atoms with E-state index in [1.165, 1.54) is 0 Å². The normalized spacial score (nSPS) is 19.3. The van der Waals surface area contributed by atoms with Gasteiger partial charge < -0.3 is 10.1 Å². The Balaban J connectivity index is 2.57. The number of hydrogen-bond acceptors (Lipinski definition) is 4. The fourth-order valence-corrected chi connectivity index (χ4v) is 2.47. The van der Waals surface area contributed by atoms with Crippen LogP contribution < -0.4 is 5.32 Å². The van der Waals surface area contributed by atoms with Crippen LogP contribution in [-0.4, -0.2) is 49.7 Å². The Morgan fingerprint density at radius 1 is 1.41 bits per heavy atom. The lowest BCUT2D eigenvalue weighted by molar-refractivity contribution is -0.150. The van der Waals surface area contributed by atoms with E-state index in [4.69, 9.17) is 4.74 Å². The summed E-state index contributed by atoms with van der Waals surface area (Å²) < 4.78 is 5.17. The molecule has 17 heavy (non-hydrogen) atoms. The van der Waals surface area contributed by atoms with Gasteiger partial charge in [0.05, 0.1) is 6.61 Å². The van der Waals surface area contributed by atoms with E-state index in [-0.39, 0.29) is 12.0 Å². The van der Waals surface area contributed by atoms with Crippen LogP contribution in [0.4, 0.5) is 0 Å². The molecule has 0 bridgehead atoms. The number of nitrogens with one attached hydrogen (secondary N) is 1. The zero-order chi connectivity index (χ0) is 12.7. The van der Waals surface area contributed by atoms with Gasteiger partial charge in [-0.1, -0.05) is 13.3 Å². The first-order valence-electron chi connectivity index (χ1n) is 6.80. The third-order valence-electron chi connectivity index (χ3n) is 3.50. The summed E-state index contributed by atoms with van der Waals surface area (Å²) >= 11 is 0. The number of hydrogen-bond donors (Lipinski definition) is 1. The molecule has 1 rings (SSSR count). The monoisotopic (exact) mass is 242 g/mol. The molecule has 0 aromatic heterocycles. The number of piperidine rings is 1. The van der Waals surface area contributed by atoms with Crippen LogP contribution in [-0.2, 0) is 9.53 Å². The van der Waals surface area contributed by atoms with Crippen LogP contribution >= 0.6 is 0 Å². The maximum absolute atomic E-state index is 11.9. The minimum Gasteiger partial charge on any atom is -0.465 e. The molecule has 4 heteroatoms. The van der Waals surface area contributed by atoms with Gasteiger partial charge in [-0.05, 0) is 46.3 Å². The first kappa shape index (κ1) is 14.5. The fourth-order valence-electron chi connectivity index (χ4n) is 2.47. The SMILES string of the molecule is CCCC(C(=O)OCC)N(C)C1CCNCC1. The molecule has 0 spiro atoms. The third-order valence-corrected chi connectivity index (χ3v) is 3.50. The van der Waals surface area contributed by atoms with E-state index in [9.17, 15) is 4.79 Å². The molecule has 0 saturated carbocycles. The molecule has 1 aliphatic rings. The second kappa shape index (κ2) is 7.67. The Kier molecular flexibility index (Phi) is 6.52. The number of nitrogens with zero attached hydrogens (tertiary/aromatic N) is 1.